The first kappa shape index (κ1) is 74.3. The molecule has 0 aromatic heterocycles. The van der Waals surface area contributed by atoms with Gasteiger partial charge in [0.2, 0.25) is 82.7 Å². The molecule has 0 spiro atoms. The summed E-state index contributed by atoms with van der Waals surface area (Å²) >= 11 is 16.1. The Morgan fingerprint density at radius 1 is 0.593 bits per heavy atom. The van der Waals surface area contributed by atoms with Gasteiger partial charge in [0.05, 0.1) is 32.0 Å². The Morgan fingerprint density at radius 3 is 1.64 bits per heavy atom. The van der Waals surface area contributed by atoms with Crippen molar-refractivity contribution in [2.24, 2.45) is 28.7 Å². The van der Waals surface area contributed by atoms with Crippen LogP contribution in [-0.4, -0.2) is 219 Å². The molecule has 0 radical (unpaired) electrons. The van der Waals surface area contributed by atoms with Gasteiger partial charge in [0.1, 0.15) is 66.2 Å². The van der Waals surface area contributed by atoms with Gasteiger partial charge in [0.15, 0.2) is 5.96 Å². The Morgan fingerprint density at radius 2 is 1.08 bits per heavy atom. The zero-order valence-corrected chi connectivity index (χ0v) is 50.1. The largest absolute Gasteiger partial charge is 0.508 e. The molecule has 1 aromatic carbocycles. The molecule has 14 amide bonds. The van der Waals surface area contributed by atoms with E-state index in [0.717, 1.165) is 4.90 Å². The third-order valence-corrected chi connectivity index (χ3v) is 14.0. The Labute approximate surface area is 514 Å². The van der Waals surface area contributed by atoms with Crippen LogP contribution in [-0.2, 0) is 73.5 Å². The number of amides is 14. The van der Waals surface area contributed by atoms with Gasteiger partial charge < -0.3 is 102 Å². The zero-order valence-electron chi connectivity index (χ0n) is 46.5. The van der Waals surface area contributed by atoms with Crippen LogP contribution in [0.4, 0.5) is 0 Å². The van der Waals surface area contributed by atoms with Crippen LogP contribution in [0.3, 0.4) is 0 Å². The number of thiol groups is 4. The number of benzene rings is 1. The summed E-state index contributed by atoms with van der Waals surface area (Å²) < 4.78 is 0. The van der Waals surface area contributed by atoms with Crippen LogP contribution >= 0.6 is 50.5 Å². The van der Waals surface area contributed by atoms with Crippen molar-refractivity contribution in [3.63, 3.8) is 0 Å². The number of carbonyl (C=O) groups excluding carboxylic acids is 14. The van der Waals surface area contributed by atoms with Gasteiger partial charge in [-0.15, -0.1) is 0 Å². The summed E-state index contributed by atoms with van der Waals surface area (Å²) in [4.78, 5) is 185. The lowest BCUT2D eigenvalue weighted by Crippen LogP contribution is -2.60. The van der Waals surface area contributed by atoms with Crippen molar-refractivity contribution in [2.75, 3.05) is 49.3 Å². The molecule has 11 atom stereocenters. The number of rotatable bonds is 37. The molecular formula is C48H76N18O16S4. The van der Waals surface area contributed by atoms with Crippen LogP contribution < -0.4 is 87.2 Å². The molecule has 34 nitrogen and oxygen atoms in total. The number of nitrogens with two attached hydrogens (primary N) is 5. The molecule has 86 heavy (non-hydrogen) atoms. The minimum Gasteiger partial charge on any atom is -0.508 e. The molecule has 2 rings (SSSR count). The second kappa shape index (κ2) is 37.6. The lowest BCUT2D eigenvalue weighted by molar-refractivity contribution is -0.143. The Bertz CT molecular complexity index is 2630. The van der Waals surface area contributed by atoms with Crippen LogP contribution in [0.1, 0.15) is 51.0 Å². The van der Waals surface area contributed by atoms with E-state index in [1.165, 1.54) is 31.2 Å². The molecule has 478 valence electrons. The second-order valence-electron chi connectivity index (χ2n) is 19.3. The lowest BCUT2D eigenvalue weighted by atomic mass is 10.0. The van der Waals surface area contributed by atoms with Gasteiger partial charge in [0, 0.05) is 42.5 Å². The number of phenolic OH excluding ortho intramolecular Hbond substituents is 1. The van der Waals surface area contributed by atoms with E-state index >= 15 is 0 Å². The highest BCUT2D eigenvalue weighted by atomic mass is 32.1. The molecule has 0 bridgehead atoms. The molecule has 38 heteroatoms. The summed E-state index contributed by atoms with van der Waals surface area (Å²) in [6, 6.07) is -10.8. The van der Waals surface area contributed by atoms with Crippen molar-refractivity contribution in [2.45, 2.75) is 118 Å². The van der Waals surface area contributed by atoms with Crippen molar-refractivity contribution >= 4 is 139 Å². The average molecular weight is 1290 g/mol. The fourth-order valence-electron chi connectivity index (χ4n) is 7.91. The van der Waals surface area contributed by atoms with Gasteiger partial charge >= 0.3 is 0 Å². The van der Waals surface area contributed by atoms with Gasteiger partial charge in [-0.3, -0.25) is 72.5 Å². The van der Waals surface area contributed by atoms with E-state index in [0.29, 0.717) is 5.56 Å². The van der Waals surface area contributed by atoms with Crippen LogP contribution in [0, 0.1) is 5.41 Å². The maximum Gasteiger partial charge on any atom is 0.246 e. The lowest BCUT2D eigenvalue weighted by Gasteiger charge is -2.30. The Kier molecular flexibility index (Phi) is 32.5. The number of aliphatic hydroxyl groups is 1. The van der Waals surface area contributed by atoms with Gasteiger partial charge in [-0.2, -0.15) is 50.5 Å². The van der Waals surface area contributed by atoms with E-state index in [4.69, 9.17) is 34.1 Å². The SMILES string of the molecule is C[C@H](NC(=O)[C@@H]1CCCN1C(=O)[C@H](CC(N)=O)NC(=O)[C@H](CS)NC(=O)[C@@H](N)CS)C(=O)N[C@@H](CS)C(=O)NCC(=O)N[C@@H](CCCNC(=N)N)C(=O)N[C@@H](CC(N)=O)C(=O)N[C@@H](Cc1ccc(O)cc1)C(=O)N[C@@H](CO)C(=O)N[C@@H](CS)C(N)=O. The molecule has 1 heterocycles. The molecule has 1 fully saturated rings. The monoisotopic (exact) mass is 1290 g/mol. The number of carbonyl (C=O) groups is 14. The molecule has 1 aliphatic rings. The molecule has 0 saturated carbocycles. The number of nitrogens with one attached hydrogen (secondary N) is 12. The summed E-state index contributed by atoms with van der Waals surface area (Å²) in [5, 5.41) is 53.2. The number of nitrogens with zero attached hydrogens (tertiary/aromatic N) is 1. The van der Waals surface area contributed by atoms with Crippen LogP contribution in [0.25, 0.3) is 0 Å². The van der Waals surface area contributed by atoms with Crippen LogP contribution in [0.2, 0.25) is 0 Å². The fourth-order valence-corrected chi connectivity index (χ4v) is 8.86. The number of hydrogen-bond donors (Lipinski definition) is 23. The summed E-state index contributed by atoms with van der Waals surface area (Å²) in [7, 11) is 0. The minimum absolute atomic E-state index is 0.0113. The Balaban J connectivity index is 2.23. The van der Waals surface area contributed by atoms with Crippen LogP contribution in [0.5, 0.6) is 5.75 Å². The maximum absolute atomic E-state index is 14.0. The average Bonchev–Trinajstić information content (AvgIpc) is 3.02. The van der Waals surface area contributed by atoms with E-state index in [9.17, 15) is 77.3 Å². The number of phenols is 1. The van der Waals surface area contributed by atoms with Crippen molar-refractivity contribution < 1.29 is 77.3 Å². The molecular weight excluding hydrogens is 1210 g/mol. The molecule has 24 N–H and O–H groups in total. The topological polar surface area (TPSA) is 569 Å². The number of primary amides is 3. The normalized spacial score (nSPS) is 16.1. The first-order valence-electron chi connectivity index (χ1n) is 26.3. The standard InChI is InChI=1S/C48H76N18O16S4/c1-21(57-46(81)33-5-3-11-66(33)47(82)28(14-35(51)70)61-45(80)32(20-86)65-39(74)24(49)17-83)38(73)64-31(19-85)40(75)56-15-36(71)58-25(4-2-10-55-48(53)54)41(76)60-27(13-34(50)69)43(78)59-26(12-22-6-8-23(68)9-7-22)42(77)62-29(16-67)44(79)63-30(18-84)37(52)72/h6-9,21,24-33,67-68,83-86H,2-5,10-20,49H2,1H3,(H2,50,69)(H2,51,70)(H2,52,72)(H,56,75)(H,57,81)(H,58,71)(H,59,78)(H,60,76)(H,61,80)(H,62,77)(H,63,79)(H,64,73)(H,65,74)(H4,53,54,55)/t21-,24-,25-,26-,27-,28-,29-,30-,31-,32-,33-/m0/s1. The first-order chi connectivity index (χ1) is 40.5. The van der Waals surface area contributed by atoms with Gasteiger partial charge in [-0.25, -0.2) is 0 Å². The highest BCUT2D eigenvalue weighted by molar-refractivity contribution is 7.80. The number of aliphatic hydroxyl groups excluding tert-OH is 1. The van der Waals surface area contributed by atoms with Crippen molar-refractivity contribution in [1.29, 1.82) is 5.41 Å². The highest BCUT2D eigenvalue weighted by Gasteiger charge is 2.40. The van der Waals surface area contributed by atoms with E-state index in [1.54, 1.807) is 0 Å². The second-order valence-corrected chi connectivity index (χ2v) is 20.8. The smallest absolute Gasteiger partial charge is 0.246 e. The van der Waals surface area contributed by atoms with Crippen LogP contribution in [0.15, 0.2) is 24.3 Å². The van der Waals surface area contributed by atoms with Crippen molar-refractivity contribution in [3.8, 4) is 5.75 Å². The molecule has 1 aromatic rings. The summed E-state index contributed by atoms with van der Waals surface area (Å²) in [5.41, 5.74) is 27.5. The molecule has 1 saturated heterocycles. The van der Waals surface area contributed by atoms with E-state index in [-0.39, 0.29) is 74.0 Å². The quantitative estimate of drug-likeness (QED) is 0.0127. The third-order valence-electron chi connectivity index (χ3n) is 12.5. The maximum atomic E-state index is 14.0. The first-order valence-corrected chi connectivity index (χ1v) is 28.9. The number of likely N-dealkylation sites (tertiary alicyclic amines) is 1. The predicted molar refractivity (Wildman–Crippen MR) is 319 cm³/mol. The number of aromatic hydroxyl groups is 1. The molecule has 0 aliphatic carbocycles. The fraction of sp³-hybridized carbons (Fsp3) is 0.562. The summed E-state index contributed by atoms with van der Waals surface area (Å²) in [6.07, 6.45) is -1.78. The van der Waals surface area contributed by atoms with E-state index in [1.807, 2.05) is 0 Å². The summed E-state index contributed by atoms with van der Waals surface area (Å²) in [5.74, 6) is -15.3. The molecule has 0 unspecified atom stereocenters. The van der Waals surface area contributed by atoms with Crippen molar-refractivity contribution in [3.05, 3.63) is 29.8 Å². The van der Waals surface area contributed by atoms with Gasteiger partial charge in [-0.05, 0) is 50.3 Å². The van der Waals surface area contributed by atoms with E-state index in [2.05, 4.69) is 109 Å². The minimum atomic E-state index is -1.86. The predicted octanol–water partition coefficient (Wildman–Crippen LogP) is -10.0. The number of hydrogen-bond acceptors (Lipinski definition) is 22. The van der Waals surface area contributed by atoms with Crippen molar-refractivity contribution in [1.82, 2.24) is 63.4 Å². The zero-order chi connectivity index (χ0) is 65.0. The third kappa shape index (κ3) is 25.4. The Hall–Kier alpha value is -7.81. The van der Waals surface area contributed by atoms with E-state index < -0.39 is 181 Å². The van der Waals surface area contributed by atoms with Gasteiger partial charge in [0.25, 0.3) is 0 Å². The number of guanidine groups is 1. The summed E-state index contributed by atoms with van der Waals surface area (Å²) in [6.45, 7) is -0.625. The molecule has 1 aliphatic heterocycles. The highest BCUT2D eigenvalue weighted by Crippen LogP contribution is 2.20. The van der Waals surface area contributed by atoms with Gasteiger partial charge in [-0.1, -0.05) is 12.1 Å².